The number of nitrogens with zero attached hydrogens (tertiary/aromatic N) is 1. The number of hydrogen-bond donors (Lipinski definition) is 2. The highest BCUT2D eigenvalue weighted by Gasteiger charge is 2.14. The molecule has 3 rings (SSSR count). The van der Waals surface area contributed by atoms with Crippen molar-refractivity contribution in [2.45, 2.75) is 6.54 Å². The molecule has 0 aliphatic rings. The topological polar surface area (TPSA) is 80.3 Å². The Morgan fingerprint density at radius 2 is 1.66 bits per heavy atom. The molecule has 2 aromatic carbocycles. The number of para-hydroxylation sites is 1. The molecule has 0 fully saturated rings. The minimum atomic E-state index is -1.08. The molecule has 0 bridgehead atoms. The van der Waals surface area contributed by atoms with Gasteiger partial charge in [-0.05, 0) is 30.3 Å². The van der Waals surface area contributed by atoms with Crippen LogP contribution in [0.1, 0.15) is 26.5 Å². The van der Waals surface area contributed by atoms with Gasteiger partial charge in [0.05, 0.1) is 7.11 Å². The van der Waals surface area contributed by atoms with Gasteiger partial charge in [0.1, 0.15) is 17.1 Å². The van der Waals surface area contributed by atoms with Crippen molar-refractivity contribution in [1.82, 2.24) is 10.3 Å². The fourth-order valence-electron chi connectivity index (χ4n) is 2.57. The van der Waals surface area contributed by atoms with Crippen LogP contribution in [0.25, 0.3) is 0 Å². The molecule has 1 aromatic heterocycles. The Morgan fingerprint density at radius 3 is 2.38 bits per heavy atom. The lowest BCUT2D eigenvalue weighted by Crippen LogP contribution is -2.25. The van der Waals surface area contributed by atoms with Crippen LogP contribution in [-0.4, -0.2) is 23.9 Å². The molecule has 0 saturated heterocycles. The van der Waals surface area contributed by atoms with Gasteiger partial charge in [0.15, 0.2) is 11.6 Å². The summed E-state index contributed by atoms with van der Waals surface area (Å²) in [6, 6.07) is 14.6. The summed E-state index contributed by atoms with van der Waals surface area (Å²) < 4.78 is 31.5. The Bertz CT molecular complexity index is 1060. The molecule has 0 atom stereocenters. The summed E-state index contributed by atoms with van der Waals surface area (Å²) in [7, 11) is 1.54. The van der Waals surface area contributed by atoms with Gasteiger partial charge in [0, 0.05) is 23.9 Å². The maximum Gasteiger partial charge on any atom is 0.274 e. The van der Waals surface area contributed by atoms with Crippen molar-refractivity contribution in [1.29, 1.82) is 0 Å². The number of halogens is 2. The molecule has 0 saturated carbocycles. The summed E-state index contributed by atoms with van der Waals surface area (Å²) in [5.74, 6) is -2.59. The summed E-state index contributed by atoms with van der Waals surface area (Å²) in [5, 5.41) is 5.12. The van der Waals surface area contributed by atoms with E-state index in [1.807, 2.05) is 18.2 Å². The molecule has 1 heterocycles. The predicted molar refractivity (Wildman–Crippen MR) is 103 cm³/mol. The Morgan fingerprint density at radius 1 is 0.931 bits per heavy atom. The van der Waals surface area contributed by atoms with Gasteiger partial charge in [0.2, 0.25) is 0 Å². The van der Waals surface area contributed by atoms with Crippen LogP contribution in [0.5, 0.6) is 5.75 Å². The standard InChI is InChI=1S/C21H17F2N3O3/c1-29-19-8-3-2-5-13(19)12-24-20(27)17-6-4-7-18(26-17)21(28)25-14-9-10-15(22)16(23)11-14/h2-11H,12H2,1H3,(H,24,27)(H,25,28). The molecule has 3 aromatic rings. The number of carbonyl (C=O) groups is 2. The number of ether oxygens (including phenoxy) is 1. The SMILES string of the molecule is COc1ccccc1CNC(=O)c1cccc(C(=O)Nc2ccc(F)c(F)c2)n1. The van der Waals surface area contributed by atoms with Gasteiger partial charge in [0.25, 0.3) is 11.8 Å². The smallest absolute Gasteiger partial charge is 0.274 e. The second-order valence-corrected chi connectivity index (χ2v) is 5.99. The fraction of sp³-hybridized carbons (Fsp3) is 0.0952. The molecule has 2 amide bonds. The van der Waals surface area contributed by atoms with Gasteiger partial charge < -0.3 is 15.4 Å². The third-order valence-corrected chi connectivity index (χ3v) is 4.02. The number of anilines is 1. The van der Waals surface area contributed by atoms with E-state index in [0.29, 0.717) is 5.75 Å². The highest BCUT2D eigenvalue weighted by atomic mass is 19.2. The molecular formula is C21H17F2N3O3. The van der Waals surface area contributed by atoms with Crippen molar-refractivity contribution in [3.8, 4) is 5.75 Å². The van der Waals surface area contributed by atoms with Crippen LogP contribution in [0.2, 0.25) is 0 Å². The van der Waals surface area contributed by atoms with E-state index < -0.39 is 23.4 Å². The van der Waals surface area contributed by atoms with Gasteiger partial charge >= 0.3 is 0 Å². The van der Waals surface area contributed by atoms with Crippen molar-refractivity contribution < 1.29 is 23.1 Å². The van der Waals surface area contributed by atoms with Crippen molar-refractivity contribution in [2.24, 2.45) is 0 Å². The van der Waals surface area contributed by atoms with Crippen molar-refractivity contribution in [3.63, 3.8) is 0 Å². The van der Waals surface area contributed by atoms with E-state index in [1.54, 1.807) is 6.07 Å². The molecule has 0 aliphatic heterocycles. The summed E-state index contributed by atoms with van der Waals surface area (Å²) in [4.78, 5) is 28.7. The number of aromatic nitrogens is 1. The fourth-order valence-corrected chi connectivity index (χ4v) is 2.57. The van der Waals surface area contributed by atoms with Crippen LogP contribution in [0, 0.1) is 11.6 Å². The monoisotopic (exact) mass is 397 g/mol. The van der Waals surface area contributed by atoms with Crippen LogP contribution in [0.4, 0.5) is 14.5 Å². The molecular weight excluding hydrogens is 380 g/mol. The molecule has 148 valence electrons. The number of methoxy groups -OCH3 is 1. The van der Waals surface area contributed by atoms with E-state index in [-0.39, 0.29) is 23.6 Å². The van der Waals surface area contributed by atoms with Gasteiger partial charge in [-0.3, -0.25) is 9.59 Å². The third kappa shape index (κ3) is 4.92. The van der Waals surface area contributed by atoms with E-state index in [1.165, 1.54) is 31.4 Å². The average molecular weight is 397 g/mol. The first kappa shape index (κ1) is 19.9. The van der Waals surface area contributed by atoms with E-state index >= 15 is 0 Å². The normalized spacial score (nSPS) is 10.3. The molecule has 8 heteroatoms. The Balaban J connectivity index is 1.68. The van der Waals surface area contributed by atoms with Gasteiger partial charge in [-0.15, -0.1) is 0 Å². The minimum absolute atomic E-state index is 0.0397. The first-order chi connectivity index (χ1) is 14.0. The highest BCUT2D eigenvalue weighted by molar-refractivity contribution is 6.03. The third-order valence-electron chi connectivity index (χ3n) is 4.02. The Kier molecular flexibility index (Phi) is 6.13. The maximum atomic E-state index is 13.3. The van der Waals surface area contributed by atoms with Crippen LogP contribution >= 0.6 is 0 Å². The number of pyridine rings is 1. The number of nitrogens with one attached hydrogen (secondary N) is 2. The van der Waals surface area contributed by atoms with Crippen LogP contribution in [-0.2, 0) is 6.54 Å². The first-order valence-electron chi connectivity index (χ1n) is 8.61. The van der Waals surface area contributed by atoms with Gasteiger partial charge in [-0.2, -0.15) is 0 Å². The van der Waals surface area contributed by atoms with Crippen molar-refractivity contribution in [3.05, 3.63) is 89.2 Å². The summed E-state index contributed by atoms with van der Waals surface area (Å²) in [6.45, 7) is 0.218. The van der Waals surface area contributed by atoms with Crippen LogP contribution in [0.15, 0.2) is 60.7 Å². The van der Waals surface area contributed by atoms with Crippen molar-refractivity contribution >= 4 is 17.5 Å². The number of benzene rings is 2. The average Bonchev–Trinajstić information content (AvgIpc) is 2.74. The second kappa shape index (κ2) is 8.92. The van der Waals surface area contributed by atoms with E-state index in [4.69, 9.17) is 4.74 Å². The van der Waals surface area contributed by atoms with Crippen LogP contribution < -0.4 is 15.4 Å². The first-order valence-corrected chi connectivity index (χ1v) is 8.61. The molecule has 2 N–H and O–H groups in total. The number of hydrogen-bond acceptors (Lipinski definition) is 4. The lowest BCUT2D eigenvalue weighted by Gasteiger charge is -2.10. The predicted octanol–water partition coefficient (Wildman–Crippen LogP) is 3.55. The summed E-state index contributed by atoms with van der Waals surface area (Å²) in [5.41, 5.74) is 0.856. The quantitative estimate of drug-likeness (QED) is 0.667. The maximum absolute atomic E-state index is 13.3. The van der Waals surface area contributed by atoms with E-state index in [0.717, 1.165) is 17.7 Å². The zero-order chi connectivity index (χ0) is 20.8. The molecule has 0 spiro atoms. The lowest BCUT2D eigenvalue weighted by molar-refractivity contribution is 0.0945. The Hall–Kier alpha value is -3.81. The molecule has 6 nitrogen and oxygen atoms in total. The lowest BCUT2D eigenvalue weighted by atomic mass is 10.2. The zero-order valence-corrected chi connectivity index (χ0v) is 15.4. The van der Waals surface area contributed by atoms with E-state index in [9.17, 15) is 18.4 Å². The Labute approximate surface area is 165 Å². The summed E-state index contributed by atoms with van der Waals surface area (Å²) >= 11 is 0. The molecule has 0 unspecified atom stereocenters. The zero-order valence-electron chi connectivity index (χ0n) is 15.4. The number of carbonyl (C=O) groups excluding carboxylic acids is 2. The highest BCUT2D eigenvalue weighted by Crippen LogP contribution is 2.17. The summed E-state index contributed by atoms with van der Waals surface area (Å²) in [6.07, 6.45) is 0. The number of rotatable bonds is 6. The van der Waals surface area contributed by atoms with E-state index in [2.05, 4.69) is 15.6 Å². The van der Waals surface area contributed by atoms with Gasteiger partial charge in [-0.25, -0.2) is 13.8 Å². The number of amides is 2. The molecule has 0 aliphatic carbocycles. The second-order valence-electron chi connectivity index (χ2n) is 5.99. The van der Waals surface area contributed by atoms with Crippen molar-refractivity contribution in [2.75, 3.05) is 12.4 Å². The van der Waals surface area contributed by atoms with Gasteiger partial charge in [-0.1, -0.05) is 24.3 Å². The largest absolute Gasteiger partial charge is 0.496 e. The molecule has 29 heavy (non-hydrogen) atoms. The molecule has 0 radical (unpaired) electrons. The minimum Gasteiger partial charge on any atom is -0.496 e. The van der Waals surface area contributed by atoms with Crippen LogP contribution in [0.3, 0.4) is 0 Å².